The molecule has 1 aromatic heterocycles. The Kier molecular flexibility index (Phi) is 4.67. The molecule has 0 aromatic carbocycles. The van der Waals surface area contributed by atoms with Crippen molar-refractivity contribution in [1.29, 1.82) is 0 Å². The van der Waals surface area contributed by atoms with Gasteiger partial charge < -0.3 is 5.32 Å². The number of hydrogen-bond donors (Lipinski definition) is 1. The van der Waals surface area contributed by atoms with Crippen molar-refractivity contribution in [1.82, 2.24) is 10.3 Å². The van der Waals surface area contributed by atoms with E-state index in [1.54, 1.807) is 0 Å². The van der Waals surface area contributed by atoms with Gasteiger partial charge in [-0.25, -0.2) is 4.98 Å². The van der Waals surface area contributed by atoms with Gasteiger partial charge in [-0.1, -0.05) is 6.42 Å². The van der Waals surface area contributed by atoms with Crippen LogP contribution in [0.25, 0.3) is 0 Å². The normalized spacial score (nSPS) is 25.6. The summed E-state index contributed by atoms with van der Waals surface area (Å²) < 4.78 is 1.12. The van der Waals surface area contributed by atoms with Gasteiger partial charge in [-0.15, -0.1) is 11.8 Å². The van der Waals surface area contributed by atoms with Crippen molar-refractivity contribution in [2.24, 2.45) is 0 Å². The maximum atomic E-state index is 4.42. The zero-order valence-electron chi connectivity index (χ0n) is 9.45. The molecule has 1 aromatic rings. The molecule has 1 N–H and O–H groups in total. The lowest BCUT2D eigenvalue weighted by atomic mass is 9.95. The molecule has 0 saturated heterocycles. The standard InChI is InChI=1S/C12H17BrN2S/c1-14-9-4-2-5-10(8-9)16-12-11(13)6-3-7-15-12/h3,6-7,9-10,14H,2,4-5,8H2,1H3. The summed E-state index contributed by atoms with van der Waals surface area (Å²) in [5.74, 6) is 0. The summed E-state index contributed by atoms with van der Waals surface area (Å²) in [6.45, 7) is 0. The molecule has 1 aliphatic carbocycles. The first-order valence-corrected chi connectivity index (χ1v) is 7.41. The van der Waals surface area contributed by atoms with E-state index in [0.717, 1.165) is 9.50 Å². The summed E-state index contributed by atoms with van der Waals surface area (Å²) in [6.07, 6.45) is 7.08. The van der Waals surface area contributed by atoms with Crippen molar-refractivity contribution in [3.05, 3.63) is 22.8 Å². The second-order valence-electron chi connectivity index (χ2n) is 4.18. The van der Waals surface area contributed by atoms with Crippen LogP contribution in [0.4, 0.5) is 0 Å². The average Bonchev–Trinajstić information content (AvgIpc) is 2.32. The van der Waals surface area contributed by atoms with Crippen LogP contribution in [0, 0.1) is 0 Å². The van der Waals surface area contributed by atoms with E-state index < -0.39 is 0 Å². The van der Waals surface area contributed by atoms with Gasteiger partial charge in [0, 0.05) is 22.0 Å². The largest absolute Gasteiger partial charge is 0.317 e. The van der Waals surface area contributed by atoms with Crippen LogP contribution >= 0.6 is 27.7 Å². The fourth-order valence-corrected chi connectivity index (χ4v) is 3.90. The molecule has 2 nitrogen and oxygen atoms in total. The molecule has 2 rings (SSSR count). The quantitative estimate of drug-likeness (QED) is 0.925. The maximum absolute atomic E-state index is 4.42. The SMILES string of the molecule is CNC1CCCC(Sc2ncccc2Br)C1. The minimum Gasteiger partial charge on any atom is -0.317 e. The third-order valence-corrected chi connectivity index (χ3v) is 5.25. The van der Waals surface area contributed by atoms with Crippen molar-refractivity contribution in [3.8, 4) is 0 Å². The maximum Gasteiger partial charge on any atom is 0.110 e. The molecule has 2 atom stereocenters. The highest BCUT2D eigenvalue weighted by atomic mass is 79.9. The smallest absolute Gasteiger partial charge is 0.110 e. The van der Waals surface area contributed by atoms with E-state index in [2.05, 4.69) is 39.3 Å². The van der Waals surface area contributed by atoms with Crippen LogP contribution in [-0.4, -0.2) is 23.3 Å². The first-order chi connectivity index (χ1) is 7.79. The van der Waals surface area contributed by atoms with E-state index in [-0.39, 0.29) is 0 Å². The van der Waals surface area contributed by atoms with Gasteiger partial charge in [0.25, 0.3) is 0 Å². The molecular weight excluding hydrogens is 284 g/mol. The van der Waals surface area contributed by atoms with Crippen LogP contribution in [0.2, 0.25) is 0 Å². The first-order valence-electron chi connectivity index (χ1n) is 5.74. The molecule has 0 radical (unpaired) electrons. The van der Waals surface area contributed by atoms with Gasteiger partial charge in [0.05, 0.1) is 0 Å². The molecule has 0 amide bonds. The van der Waals surface area contributed by atoms with Gasteiger partial charge in [-0.2, -0.15) is 0 Å². The van der Waals surface area contributed by atoms with Gasteiger partial charge >= 0.3 is 0 Å². The molecule has 1 saturated carbocycles. The predicted molar refractivity (Wildman–Crippen MR) is 72.9 cm³/mol. The number of thioether (sulfide) groups is 1. The second kappa shape index (κ2) is 6.03. The number of aromatic nitrogens is 1. The van der Waals surface area contributed by atoms with Crippen molar-refractivity contribution in [2.45, 2.75) is 42.0 Å². The van der Waals surface area contributed by atoms with Gasteiger partial charge in [-0.05, 0) is 54.4 Å². The Hall–Kier alpha value is -0.0600. The zero-order valence-corrected chi connectivity index (χ0v) is 11.9. The third kappa shape index (κ3) is 3.22. The second-order valence-corrected chi connectivity index (χ2v) is 6.33. The highest BCUT2D eigenvalue weighted by molar-refractivity contribution is 9.10. The minimum absolute atomic E-state index is 0.689. The predicted octanol–water partition coefficient (Wildman–Crippen LogP) is 3.47. The molecule has 1 aliphatic rings. The van der Waals surface area contributed by atoms with Crippen LogP contribution in [0.15, 0.2) is 27.8 Å². The summed E-state index contributed by atoms with van der Waals surface area (Å²) in [6, 6.07) is 4.72. The average molecular weight is 301 g/mol. The topological polar surface area (TPSA) is 24.9 Å². The van der Waals surface area contributed by atoms with Gasteiger partial charge in [0.2, 0.25) is 0 Å². The number of nitrogens with zero attached hydrogens (tertiary/aromatic N) is 1. The van der Waals surface area contributed by atoms with Crippen molar-refractivity contribution in [3.63, 3.8) is 0 Å². The van der Waals surface area contributed by atoms with Crippen molar-refractivity contribution < 1.29 is 0 Å². The lowest BCUT2D eigenvalue weighted by molar-refractivity contribution is 0.402. The fourth-order valence-electron chi connectivity index (χ4n) is 2.13. The Morgan fingerprint density at radius 2 is 2.38 bits per heavy atom. The van der Waals surface area contributed by atoms with Crippen LogP contribution in [0.1, 0.15) is 25.7 Å². The van der Waals surface area contributed by atoms with Crippen molar-refractivity contribution >= 4 is 27.7 Å². The summed E-state index contributed by atoms with van der Waals surface area (Å²) >= 11 is 5.47. The summed E-state index contributed by atoms with van der Waals surface area (Å²) in [4.78, 5) is 4.42. The van der Waals surface area contributed by atoms with E-state index in [1.807, 2.05) is 24.0 Å². The Morgan fingerprint density at radius 3 is 3.12 bits per heavy atom. The first kappa shape index (κ1) is 12.4. The third-order valence-electron chi connectivity index (χ3n) is 3.04. The molecular formula is C12H17BrN2S. The van der Waals surface area contributed by atoms with Gasteiger partial charge in [0.15, 0.2) is 0 Å². The van der Waals surface area contributed by atoms with E-state index in [1.165, 1.54) is 25.7 Å². The number of nitrogens with one attached hydrogen (secondary N) is 1. The summed E-state index contributed by atoms with van der Waals surface area (Å²) in [7, 11) is 2.06. The van der Waals surface area contributed by atoms with E-state index in [4.69, 9.17) is 0 Å². The molecule has 4 heteroatoms. The highest BCUT2D eigenvalue weighted by Crippen LogP contribution is 2.35. The lowest BCUT2D eigenvalue weighted by Crippen LogP contribution is -2.32. The Labute approximate surface area is 110 Å². The van der Waals surface area contributed by atoms with Crippen molar-refractivity contribution in [2.75, 3.05) is 7.05 Å². The molecule has 0 spiro atoms. The summed E-state index contributed by atoms with van der Waals surface area (Å²) in [5.41, 5.74) is 0. The van der Waals surface area contributed by atoms with Crippen LogP contribution in [-0.2, 0) is 0 Å². The Morgan fingerprint density at radius 1 is 1.50 bits per heavy atom. The van der Waals surface area contributed by atoms with Crippen LogP contribution < -0.4 is 5.32 Å². The Bertz CT molecular complexity index is 346. The lowest BCUT2D eigenvalue weighted by Gasteiger charge is -2.28. The zero-order chi connectivity index (χ0) is 11.4. The molecule has 16 heavy (non-hydrogen) atoms. The van der Waals surface area contributed by atoms with Gasteiger partial charge in [-0.3, -0.25) is 0 Å². The number of halogens is 1. The number of pyridine rings is 1. The summed E-state index contributed by atoms with van der Waals surface area (Å²) in [5, 5.41) is 5.22. The van der Waals surface area contributed by atoms with E-state index in [0.29, 0.717) is 11.3 Å². The molecule has 0 bridgehead atoms. The number of rotatable bonds is 3. The molecule has 1 fully saturated rings. The van der Waals surface area contributed by atoms with Crippen LogP contribution in [0.5, 0.6) is 0 Å². The van der Waals surface area contributed by atoms with Crippen LogP contribution in [0.3, 0.4) is 0 Å². The van der Waals surface area contributed by atoms with E-state index in [9.17, 15) is 0 Å². The van der Waals surface area contributed by atoms with E-state index >= 15 is 0 Å². The molecule has 0 aliphatic heterocycles. The Balaban J connectivity index is 1.97. The highest BCUT2D eigenvalue weighted by Gasteiger charge is 2.22. The van der Waals surface area contributed by atoms with Gasteiger partial charge in [0.1, 0.15) is 5.03 Å². The monoisotopic (exact) mass is 300 g/mol. The molecule has 1 heterocycles. The molecule has 88 valence electrons. The number of hydrogen-bond acceptors (Lipinski definition) is 3. The molecule has 2 unspecified atom stereocenters. The minimum atomic E-state index is 0.689. The fraction of sp³-hybridized carbons (Fsp3) is 0.583.